The Morgan fingerprint density at radius 1 is 1.29 bits per heavy atom. The van der Waals surface area contributed by atoms with Gasteiger partial charge in [-0.25, -0.2) is 0 Å². The average molecular weight is 469 g/mol. The Morgan fingerprint density at radius 3 is 2.48 bits per heavy atom. The van der Waals surface area contributed by atoms with E-state index in [-0.39, 0.29) is 29.2 Å². The predicted molar refractivity (Wildman–Crippen MR) is 123 cm³/mol. The molecule has 1 amide bonds. The van der Waals surface area contributed by atoms with Gasteiger partial charge in [0.2, 0.25) is 5.91 Å². The van der Waals surface area contributed by atoms with Crippen LogP contribution in [0.2, 0.25) is 5.02 Å². The second-order valence-electron chi connectivity index (χ2n) is 8.66. The molecule has 1 aromatic rings. The van der Waals surface area contributed by atoms with Gasteiger partial charge in [0, 0.05) is 42.3 Å². The number of amides is 1. The number of likely N-dealkylation sites (N-methyl/N-ethyl adjacent to an activating group) is 1. The maximum Gasteiger partial charge on any atom is 0.309 e. The molecule has 0 aromatic heterocycles. The van der Waals surface area contributed by atoms with Crippen molar-refractivity contribution >= 4 is 34.8 Å². The number of hydrogen-bond acceptors (Lipinski definition) is 5. The van der Waals surface area contributed by atoms with Gasteiger partial charge in [0.25, 0.3) is 0 Å². The van der Waals surface area contributed by atoms with Crippen LogP contribution >= 0.6 is 11.6 Å². The first-order valence-electron chi connectivity index (χ1n) is 11.1. The molecule has 1 saturated carbocycles. The van der Waals surface area contributed by atoms with E-state index >= 15 is 0 Å². The van der Waals surface area contributed by atoms with E-state index in [0.29, 0.717) is 18.0 Å². The minimum absolute atomic E-state index is 0.0263. The van der Waals surface area contributed by atoms with Crippen molar-refractivity contribution in [1.29, 1.82) is 0 Å². The summed E-state index contributed by atoms with van der Waals surface area (Å²) in [5, 5.41) is 0.903. The fourth-order valence-electron chi connectivity index (χ4n) is 4.51. The molecule has 2 fully saturated rings. The van der Waals surface area contributed by atoms with E-state index in [1.165, 1.54) is 7.11 Å². The van der Waals surface area contributed by atoms with Gasteiger partial charge in [-0.3, -0.25) is 9.59 Å². The van der Waals surface area contributed by atoms with Crippen LogP contribution in [0.15, 0.2) is 24.3 Å². The van der Waals surface area contributed by atoms with Crippen molar-refractivity contribution in [2.75, 3.05) is 20.7 Å². The van der Waals surface area contributed by atoms with Crippen LogP contribution in [0.3, 0.4) is 0 Å². The Morgan fingerprint density at radius 2 is 1.94 bits per heavy atom. The lowest BCUT2D eigenvalue weighted by molar-refractivity contribution is -0.158. The second-order valence-corrected chi connectivity index (χ2v) is 10.9. The molecule has 1 heterocycles. The molecule has 31 heavy (non-hydrogen) atoms. The molecular formula is C23H33ClN2O4S. The number of ether oxygens (including phenoxy) is 1. The van der Waals surface area contributed by atoms with Crippen LogP contribution in [-0.4, -0.2) is 57.6 Å². The zero-order valence-electron chi connectivity index (χ0n) is 18.8. The summed E-state index contributed by atoms with van der Waals surface area (Å²) >= 11 is 5.06. The van der Waals surface area contributed by atoms with Crippen LogP contribution in [-0.2, 0) is 25.7 Å². The van der Waals surface area contributed by atoms with Crippen molar-refractivity contribution in [3.05, 3.63) is 34.9 Å². The van der Waals surface area contributed by atoms with Crippen LogP contribution < -0.4 is 0 Å². The molecule has 8 heteroatoms. The molecule has 0 N–H and O–H groups in total. The fraction of sp³-hybridized carbons (Fsp3) is 0.652. The number of halogens is 1. The standard InChI is InChI=1S/C23H33ClN2O4S/c1-5-18(14-25(3)31(29)19-10-11-19)26-21(16-6-8-17(24)9-7-16)13-12-20(22(26)27)15(2)23(28)30-4/h6-9,15,18-21H,5,10-14H2,1-4H3/t15?,18?,20?,21-,31?/m0/s1. The lowest BCUT2D eigenvalue weighted by Gasteiger charge is -2.45. The first-order valence-corrected chi connectivity index (χ1v) is 12.6. The van der Waals surface area contributed by atoms with Crippen LogP contribution in [0.1, 0.15) is 57.6 Å². The molecular weight excluding hydrogens is 436 g/mol. The minimum Gasteiger partial charge on any atom is -0.598 e. The summed E-state index contributed by atoms with van der Waals surface area (Å²) in [4.78, 5) is 27.9. The molecule has 1 aromatic carbocycles. The van der Waals surface area contributed by atoms with E-state index in [9.17, 15) is 14.1 Å². The van der Waals surface area contributed by atoms with Gasteiger partial charge in [-0.2, -0.15) is 0 Å². The van der Waals surface area contributed by atoms with E-state index < -0.39 is 23.2 Å². The molecule has 1 aliphatic carbocycles. The Kier molecular flexibility index (Phi) is 8.30. The van der Waals surface area contributed by atoms with Gasteiger partial charge in [-0.1, -0.05) is 37.6 Å². The monoisotopic (exact) mass is 468 g/mol. The number of methoxy groups -OCH3 is 1. The molecule has 0 bridgehead atoms. The highest BCUT2D eigenvalue weighted by molar-refractivity contribution is 7.90. The number of esters is 1. The Hall–Kier alpha value is -1.28. The van der Waals surface area contributed by atoms with Crippen molar-refractivity contribution in [2.24, 2.45) is 11.8 Å². The van der Waals surface area contributed by atoms with Gasteiger partial charge >= 0.3 is 5.97 Å². The Balaban J connectivity index is 1.88. The average Bonchev–Trinajstić information content (AvgIpc) is 3.62. The van der Waals surface area contributed by atoms with Gasteiger partial charge in [-0.15, -0.1) is 4.31 Å². The summed E-state index contributed by atoms with van der Waals surface area (Å²) in [5.74, 6) is -1.30. The molecule has 3 rings (SSSR count). The topological polar surface area (TPSA) is 72.9 Å². The summed E-state index contributed by atoms with van der Waals surface area (Å²) in [6.45, 7) is 4.36. The first kappa shape index (κ1) is 24.4. The van der Waals surface area contributed by atoms with E-state index in [2.05, 4.69) is 6.92 Å². The van der Waals surface area contributed by atoms with E-state index in [1.54, 1.807) is 6.92 Å². The number of carbonyl (C=O) groups is 2. The zero-order chi connectivity index (χ0) is 22.7. The zero-order valence-corrected chi connectivity index (χ0v) is 20.3. The maximum absolute atomic E-state index is 13.7. The highest BCUT2D eigenvalue weighted by Crippen LogP contribution is 2.40. The van der Waals surface area contributed by atoms with Crippen LogP contribution in [0.5, 0.6) is 0 Å². The molecule has 0 spiro atoms. The summed E-state index contributed by atoms with van der Waals surface area (Å²) < 4.78 is 19.5. The number of carbonyl (C=O) groups excluding carboxylic acids is 2. The molecule has 2 aliphatic rings. The molecule has 4 unspecified atom stereocenters. The number of nitrogens with zero attached hydrogens (tertiary/aromatic N) is 2. The fourth-order valence-corrected chi connectivity index (χ4v) is 6.01. The van der Waals surface area contributed by atoms with Gasteiger partial charge < -0.3 is 14.2 Å². The summed E-state index contributed by atoms with van der Waals surface area (Å²) in [5.41, 5.74) is 1.03. The van der Waals surface area contributed by atoms with Crippen LogP contribution in [0.4, 0.5) is 0 Å². The summed E-state index contributed by atoms with van der Waals surface area (Å²) in [7, 11) is 3.23. The van der Waals surface area contributed by atoms with Crippen molar-refractivity contribution < 1.29 is 18.9 Å². The number of rotatable bonds is 9. The third-order valence-corrected chi connectivity index (χ3v) is 8.60. The van der Waals surface area contributed by atoms with Crippen molar-refractivity contribution in [3.8, 4) is 0 Å². The van der Waals surface area contributed by atoms with Gasteiger partial charge in [0.05, 0.1) is 31.5 Å². The second kappa shape index (κ2) is 10.6. The predicted octanol–water partition coefficient (Wildman–Crippen LogP) is 3.97. The van der Waals surface area contributed by atoms with Crippen molar-refractivity contribution in [1.82, 2.24) is 9.21 Å². The van der Waals surface area contributed by atoms with Gasteiger partial charge in [0.15, 0.2) is 0 Å². The lowest BCUT2D eigenvalue weighted by atomic mass is 9.80. The highest BCUT2D eigenvalue weighted by atomic mass is 35.5. The van der Waals surface area contributed by atoms with E-state index in [0.717, 1.165) is 31.2 Å². The van der Waals surface area contributed by atoms with Gasteiger partial charge in [0.1, 0.15) is 5.25 Å². The van der Waals surface area contributed by atoms with Crippen LogP contribution in [0.25, 0.3) is 0 Å². The number of benzene rings is 1. The molecule has 1 aliphatic heterocycles. The third-order valence-electron chi connectivity index (χ3n) is 6.54. The smallest absolute Gasteiger partial charge is 0.309 e. The number of likely N-dealkylation sites (tertiary alicyclic amines) is 1. The quantitative estimate of drug-likeness (QED) is 0.405. The first-order chi connectivity index (χ1) is 14.8. The Labute approximate surface area is 193 Å². The molecule has 0 radical (unpaired) electrons. The van der Waals surface area contributed by atoms with E-state index in [4.69, 9.17) is 16.3 Å². The SMILES string of the molecule is CCC(CN(C)[S+]([O-])C1CC1)N1C(=O)C(C(C)C(=O)OC)CC[C@H]1c1ccc(Cl)cc1. The molecule has 6 nitrogen and oxygen atoms in total. The summed E-state index contributed by atoms with van der Waals surface area (Å²) in [6.07, 6.45) is 4.12. The molecule has 5 atom stereocenters. The number of piperidine rings is 1. The van der Waals surface area contributed by atoms with E-state index in [1.807, 2.05) is 40.5 Å². The molecule has 172 valence electrons. The summed E-state index contributed by atoms with van der Waals surface area (Å²) in [6, 6.07) is 7.43. The van der Waals surface area contributed by atoms with Gasteiger partial charge in [-0.05, 0) is 37.0 Å². The highest BCUT2D eigenvalue weighted by Gasteiger charge is 2.45. The molecule has 1 saturated heterocycles. The number of hydrogen-bond donors (Lipinski definition) is 0. The minimum atomic E-state index is -1.02. The normalized spacial score (nSPS) is 24.7. The Bertz CT molecular complexity index is 773. The maximum atomic E-state index is 13.7. The van der Waals surface area contributed by atoms with Crippen molar-refractivity contribution in [3.63, 3.8) is 0 Å². The third kappa shape index (κ3) is 5.56. The lowest BCUT2D eigenvalue weighted by Crippen LogP contribution is -2.54. The van der Waals surface area contributed by atoms with Crippen LogP contribution in [0, 0.1) is 11.8 Å². The van der Waals surface area contributed by atoms with Crippen molar-refractivity contribution in [2.45, 2.75) is 63.3 Å². The largest absolute Gasteiger partial charge is 0.598 e.